The molecule has 4 rings (SSSR count). The Morgan fingerprint density at radius 3 is 1.39 bits per heavy atom. The lowest BCUT2D eigenvalue weighted by atomic mass is 9.94. The van der Waals surface area contributed by atoms with Crippen LogP contribution in [0.3, 0.4) is 0 Å². The molecule has 0 spiro atoms. The van der Waals surface area contributed by atoms with Crippen molar-refractivity contribution in [3.05, 3.63) is 127 Å². The fourth-order valence-electron chi connectivity index (χ4n) is 4.70. The van der Waals surface area contributed by atoms with E-state index < -0.39 is 19.1 Å². The van der Waals surface area contributed by atoms with Gasteiger partial charge in [-0.1, -0.05) is 84.9 Å². The van der Waals surface area contributed by atoms with E-state index in [1.54, 1.807) is 0 Å². The van der Waals surface area contributed by atoms with Crippen LogP contribution in [0.15, 0.2) is 121 Å². The molecule has 0 fully saturated rings. The van der Waals surface area contributed by atoms with Gasteiger partial charge in [0.2, 0.25) is 0 Å². The van der Waals surface area contributed by atoms with Gasteiger partial charge in [0, 0.05) is 0 Å². The van der Waals surface area contributed by atoms with Crippen molar-refractivity contribution >= 4 is 29.1 Å². The monoisotopic (exact) mass is 453 g/mol. The third kappa shape index (κ3) is 5.24. The molecule has 0 heterocycles. The SMILES string of the molecule is O=C(O)C(CCCC[P+](c1ccccc1)(c1ccccc1)c1ccccc1)c1ccccc1. The minimum atomic E-state index is -1.86. The molecule has 0 amide bonds. The van der Waals surface area contributed by atoms with Gasteiger partial charge in [-0.3, -0.25) is 4.79 Å². The minimum Gasteiger partial charge on any atom is -0.481 e. The molecule has 1 N–H and O–H groups in total. The Hall–Kier alpha value is -3.22. The second kappa shape index (κ2) is 11.1. The molecule has 4 aromatic carbocycles. The average Bonchev–Trinajstić information content (AvgIpc) is 2.88. The quantitative estimate of drug-likeness (QED) is 0.236. The van der Waals surface area contributed by atoms with Crippen LogP contribution < -0.4 is 15.9 Å². The molecule has 0 aliphatic heterocycles. The highest BCUT2D eigenvalue weighted by Gasteiger charge is 2.44. The van der Waals surface area contributed by atoms with Crippen molar-refractivity contribution in [2.24, 2.45) is 0 Å². The van der Waals surface area contributed by atoms with Crippen LogP contribution in [0.1, 0.15) is 30.7 Å². The molecule has 0 aliphatic carbocycles. The standard InChI is InChI=1S/C30H29O2P/c31-30(32)29(25-15-5-1-6-16-25)23-13-14-24-33(26-17-7-2-8-18-26,27-19-9-3-10-20-27)28-21-11-4-12-22-28/h1-12,15-22,29H,13-14,23-24H2/p+1. The lowest BCUT2D eigenvalue weighted by molar-refractivity contribution is -0.139. The molecule has 4 aromatic rings. The Morgan fingerprint density at radius 2 is 1.00 bits per heavy atom. The van der Waals surface area contributed by atoms with Crippen LogP contribution in [0.25, 0.3) is 0 Å². The molecule has 0 aromatic heterocycles. The molecule has 0 bridgehead atoms. The van der Waals surface area contributed by atoms with Crippen LogP contribution in [-0.2, 0) is 4.79 Å². The van der Waals surface area contributed by atoms with Crippen molar-refractivity contribution < 1.29 is 9.90 Å². The Kier molecular flexibility index (Phi) is 7.70. The predicted octanol–water partition coefficient (Wildman–Crippen LogP) is 6.02. The van der Waals surface area contributed by atoms with E-state index in [9.17, 15) is 9.90 Å². The molecule has 1 atom stereocenters. The Morgan fingerprint density at radius 1 is 0.606 bits per heavy atom. The molecular weight excluding hydrogens is 423 g/mol. The van der Waals surface area contributed by atoms with Crippen molar-refractivity contribution in [2.45, 2.75) is 25.2 Å². The van der Waals surface area contributed by atoms with Gasteiger partial charge in [0.1, 0.15) is 23.2 Å². The molecule has 166 valence electrons. The van der Waals surface area contributed by atoms with Gasteiger partial charge >= 0.3 is 5.97 Å². The van der Waals surface area contributed by atoms with Crippen LogP contribution in [0.5, 0.6) is 0 Å². The van der Waals surface area contributed by atoms with Gasteiger partial charge in [-0.05, 0) is 61.2 Å². The topological polar surface area (TPSA) is 37.3 Å². The fourth-order valence-corrected chi connectivity index (χ4v) is 9.11. The maximum absolute atomic E-state index is 12.0. The highest BCUT2D eigenvalue weighted by atomic mass is 31.2. The number of carboxylic acid groups (broad SMARTS) is 1. The van der Waals surface area contributed by atoms with Crippen molar-refractivity contribution in [3.8, 4) is 0 Å². The first-order valence-electron chi connectivity index (χ1n) is 11.5. The molecule has 1 unspecified atom stereocenters. The summed E-state index contributed by atoms with van der Waals surface area (Å²) in [6.45, 7) is 0. The van der Waals surface area contributed by atoms with E-state index in [1.807, 2.05) is 30.3 Å². The van der Waals surface area contributed by atoms with Gasteiger partial charge in [-0.15, -0.1) is 0 Å². The van der Waals surface area contributed by atoms with Gasteiger partial charge in [-0.2, -0.15) is 0 Å². The van der Waals surface area contributed by atoms with E-state index >= 15 is 0 Å². The first-order chi connectivity index (χ1) is 16.2. The number of benzene rings is 4. The summed E-state index contributed by atoms with van der Waals surface area (Å²) in [6, 6.07) is 42.2. The largest absolute Gasteiger partial charge is 0.481 e. The number of carboxylic acids is 1. The zero-order valence-electron chi connectivity index (χ0n) is 18.8. The van der Waals surface area contributed by atoms with Crippen LogP contribution >= 0.6 is 7.26 Å². The summed E-state index contributed by atoms with van der Waals surface area (Å²) >= 11 is 0. The highest BCUT2D eigenvalue weighted by Crippen LogP contribution is 2.56. The van der Waals surface area contributed by atoms with Crippen LogP contribution in [0.4, 0.5) is 0 Å². The molecular formula is C30H30O2P+. The van der Waals surface area contributed by atoms with E-state index in [0.717, 1.165) is 24.6 Å². The van der Waals surface area contributed by atoms with Crippen LogP contribution in [0, 0.1) is 0 Å². The van der Waals surface area contributed by atoms with Crippen molar-refractivity contribution in [3.63, 3.8) is 0 Å². The maximum atomic E-state index is 12.0. The van der Waals surface area contributed by atoms with Crippen molar-refractivity contribution in [1.82, 2.24) is 0 Å². The van der Waals surface area contributed by atoms with E-state index in [2.05, 4.69) is 91.0 Å². The second-order valence-corrected chi connectivity index (χ2v) is 12.0. The second-order valence-electron chi connectivity index (χ2n) is 8.34. The normalized spacial score (nSPS) is 12.2. The lowest BCUT2D eigenvalue weighted by Crippen LogP contribution is -2.33. The third-order valence-corrected chi connectivity index (χ3v) is 10.9. The summed E-state index contributed by atoms with van der Waals surface area (Å²) in [7, 11) is -1.86. The molecule has 33 heavy (non-hydrogen) atoms. The Balaban J connectivity index is 1.64. The predicted molar refractivity (Wildman–Crippen MR) is 141 cm³/mol. The van der Waals surface area contributed by atoms with Crippen LogP contribution in [0.2, 0.25) is 0 Å². The Labute approximate surface area is 197 Å². The summed E-state index contributed by atoms with van der Waals surface area (Å²) < 4.78 is 0. The number of hydrogen-bond acceptors (Lipinski definition) is 1. The van der Waals surface area contributed by atoms with Gasteiger partial charge in [0.05, 0.1) is 12.1 Å². The van der Waals surface area contributed by atoms with Crippen molar-refractivity contribution in [1.29, 1.82) is 0 Å². The number of aliphatic carboxylic acids is 1. The van der Waals surface area contributed by atoms with E-state index in [-0.39, 0.29) is 0 Å². The lowest BCUT2D eigenvalue weighted by Gasteiger charge is -2.28. The molecule has 3 heteroatoms. The summed E-state index contributed by atoms with van der Waals surface area (Å²) in [5.41, 5.74) is 0.889. The fraction of sp³-hybridized carbons (Fsp3) is 0.167. The third-order valence-electron chi connectivity index (χ3n) is 6.33. The zero-order chi connectivity index (χ0) is 22.9. The summed E-state index contributed by atoms with van der Waals surface area (Å²) in [6.07, 6.45) is 3.52. The van der Waals surface area contributed by atoms with Gasteiger partial charge in [0.25, 0.3) is 0 Å². The number of hydrogen-bond donors (Lipinski definition) is 1. The number of carbonyl (C=O) groups is 1. The molecule has 0 aliphatic rings. The van der Waals surface area contributed by atoms with Crippen molar-refractivity contribution in [2.75, 3.05) is 6.16 Å². The van der Waals surface area contributed by atoms with Gasteiger partial charge in [-0.25, -0.2) is 0 Å². The van der Waals surface area contributed by atoms with E-state index in [0.29, 0.717) is 6.42 Å². The van der Waals surface area contributed by atoms with E-state index in [1.165, 1.54) is 15.9 Å². The smallest absolute Gasteiger partial charge is 0.310 e. The van der Waals surface area contributed by atoms with E-state index in [4.69, 9.17) is 0 Å². The maximum Gasteiger partial charge on any atom is 0.310 e. The first kappa shape index (κ1) is 23.0. The molecule has 0 saturated heterocycles. The summed E-state index contributed by atoms with van der Waals surface area (Å²) in [5.74, 6) is -1.19. The summed E-state index contributed by atoms with van der Waals surface area (Å²) in [5, 5.41) is 14.0. The molecule has 0 saturated carbocycles. The highest BCUT2D eigenvalue weighted by molar-refractivity contribution is 7.95. The van der Waals surface area contributed by atoms with Crippen LogP contribution in [-0.4, -0.2) is 17.2 Å². The van der Waals surface area contributed by atoms with Gasteiger partial charge < -0.3 is 5.11 Å². The zero-order valence-corrected chi connectivity index (χ0v) is 19.6. The average molecular weight is 454 g/mol. The van der Waals surface area contributed by atoms with Gasteiger partial charge in [0.15, 0.2) is 0 Å². The molecule has 2 nitrogen and oxygen atoms in total. The Bertz CT molecular complexity index is 1030. The molecule has 0 radical (unpaired) electrons. The number of rotatable bonds is 10. The first-order valence-corrected chi connectivity index (χ1v) is 13.5. The number of unbranched alkanes of at least 4 members (excludes halogenated alkanes) is 1. The summed E-state index contributed by atoms with van der Waals surface area (Å²) in [4.78, 5) is 12.0. The minimum absolute atomic E-state index is 0.455.